The molecule has 0 bridgehead atoms. The van der Waals surface area contributed by atoms with Crippen molar-refractivity contribution in [1.29, 1.82) is 0 Å². The smallest absolute Gasteiger partial charge is 0.254 e. The maximum Gasteiger partial charge on any atom is 0.254 e. The quantitative estimate of drug-likeness (QED) is 0.911. The molecule has 1 aliphatic rings. The van der Waals surface area contributed by atoms with Crippen molar-refractivity contribution >= 4 is 17.5 Å². The normalized spacial score (nSPS) is 21.9. The Hall–Kier alpha value is -1.10. The van der Waals surface area contributed by atoms with Crippen molar-refractivity contribution in [2.45, 2.75) is 32.5 Å². The first kappa shape index (κ1) is 15.3. The summed E-state index contributed by atoms with van der Waals surface area (Å²) in [4.78, 5) is 14.4. The molecular weight excluding hydrogens is 278 g/mol. The maximum absolute atomic E-state index is 12.7. The highest BCUT2D eigenvalue weighted by atomic mass is 35.5. The fourth-order valence-electron chi connectivity index (χ4n) is 2.54. The van der Waals surface area contributed by atoms with Gasteiger partial charge in [0.2, 0.25) is 0 Å². The second-order valence-corrected chi connectivity index (χ2v) is 6.26. The van der Waals surface area contributed by atoms with Crippen molar-refractivity contribution in [3.05, 3.63) is 34.3 Å². The summed E-state index contributed by atoms with van der Waals surface area (Å²) in [6.07, 6.45) is -0.345. The highest BCUT2D eigenvalue weighted by Gasteiger charge is 2.35. The van der Waals surface area contributed by atoms with Gasteiger partial charge in [-0.1, -0.05) is 17.7 Å². The summed E-state index contributed by atoms with van der Waals surface area (Å²) >= 11 is 5.98. The highest BCUT2D eigenvalue weighted by molar-refractivity contribution is 6.31. The number of aliphatic hydroxyl groups excluding tert-OH is 1. The van der Waals surface area contributed by atoms with E-state index in [1.165, 1.54) is 0 Å². The van der Waals surface area contributed by atoms with Crippen molar-refractivity contribution in [3.8, 4) is 0 Å². The molecule has 1 amide bonds. The molecule has 2 rings (SSSR count). The van der Waals surface area contributed by atoms with Crippen molar-refractivity contribution < 1.29 is 14.6 Å². The van der Waals surface area contributed by atoms with Gasteiger partial charge in [0.25, 0.3) is 5.91 Å². The number of aryl methyl sites for hydroxylation is 1. The Morgan fingerprint density at radius 3 is 2.90 bits per heavy atom. The van der Waals surface area contributed by atoms with Crippen molar-refractivity contribution in [1.82, 2.24) is 4.90 Å². The molecular formula is C15H20ClNO3. The van der Waals surface area contributed by atoms with Crippen molar-refractivity contribution in [2.24, 2.45) is 0 Å². The van der Waals surface area contributed by atoms with Gasteiger partial charge >= 0.3 is 0 Å². The van der Waals surface area contributed by atoms with E-state index in [1.807, 2.05) is 26.8 Å². The third-order valence-corrected chi connectivity index (χ3v) is 3.64. The minimum absolute atomic E-state index is 0.0696. The van der Waals surface area contributed by atoms with Crippen molar-refractivity contribution in [2.75, 3.05) is 19.7 Å². The van der Waals surface area contributed by atoms with Gasteiger partial charge in [-0.25, -0.2) is 0 Å². The van der Waals surface area contributed by atoms with Gasteiger partial charge in [0.15, 0.2) is 0 Å². The first-order chi connectivity index (χ1) is 9.32. The van der Waals surface area contributed by atoms with Gasteiger partial charge in [-0.05, 0) is 38.5 Å². The number of morpholine rings is 1. The monoisotopic (exact) mass is 297 g/mol. The zero-order valence-electron chi connectivity index (χ0n) is 12.0. The molecule has 0 saturated carbocycles. The molecule has 1 atom stereocenters. The van der Waals surface area contributed by atoms with E-state index < -0.39 is 5.60 Å². The van der Waals surface area contributed by atoms with Gasteiger partial charge in [0, 0.05) is 23.7 Å². The van der Waals surface area contributed by atoms with E-state index in [0.717, 1.165) is 5.56 Å². The number of rotatable bonds is 2. The number of hydrogen-bond donors (Lipinski definition) is 1. The van der Waals surface area contributed by atoms with Crippen LogP contribution < -0.4 is 0 Å². The highest BCUT2D eigenvalue weighted by Crippen LogP contribution is 2.24. The van der Waals surface area contributed by atoms with Crippen LogP contribution >= 0.6 is 11.6 Å². The van der Waals surface area contributed by atoms with Gasteiger partial charge < -0.3 is 14.7 Å². The molecule has 5 heteroatoms. The fraction of sp³-hybridized carbons (Fsp3) is 0.533. The molecule has 110 valence electrons. The summed E-state index contributed by atoms with van der Waals surface area (Å²) in [5, 5.41) is 9.85. The van der Waals surface area contributed by atoms with Gasteiger partial charge in [0.05, 0.1) is 18.3 Å². The molecule has 0 aromatic heterocycles. The number of halogens is 1. The minimum atomic E-state index is -0.464. The average molecular weight is 298 g/mol. The molecule has 4 nitrogen and oxygen atoms in total. The van der Waals surface area contributed by atoms with Gasteiger partial charge in [-0.3, -0.25) is 4.79 Å². The van der Waals surface area contributed by atoms with Gasteiger partial charge in [-0.15, -0.1) is 0 Å². The number of benzene rings is 1. The van der Waals surface area contributed by atoms with E-state index in [0.29, 0.717) is 23.7 Å². The van der Waals surface area contributed by atoms with Crippen LogP contribution in [0.1, 0.15) is 29.8 Å². The lowest BCUT2D eigenvalue weighted by Gasteiger charge is -2.42. The van der Waals surface area contributed by atoms with Crippen molar-refractivity contribution in [3.63, 3.8) is 0 Å². The number of nitrogens with zero attached hydrogens (tertiary/aromatic N) is 1. The van der Waals surface area contributed by atoms with Crippen LogP contribution in [-0.2, 0) is 4.74 Å². The standard InChI is InChI=1S/C15H20ClNO3/c1-10-4-5-11(16)6-13(10)14(19)17-7-12(8-18)20-15(2,3)9-17/h4-6,12,18H,7-9H2,1-3H3. The number of hydrogen-bond acceptors (Lipinski definition) is 3. The molecule has 1 aromatic carbocycles. The lowest BCUT2D eigenvalue weighted by Crippen LogP contribution is -2.55. The van der Waals surface area contributed by atoms with Crippen LogP contribution in [-0.4, -0.2) is 47.3 Å². The largest absolute Gasteiger partial charge is 0.394 e. The lowest BCUT2D eigenvalue weighted by molar-refractivity contribution is -0.139. The Morgan fingerprint density at radius 1 is 1.55 bits per heavy atom. The SMILES string of the molecule is Cc1ccc(Cl)cc1C(=O)N1CC(CO)OC(C)(C)C1. The average Bonchev–Trinajstić information content (AvgIpc) is 2.38. The number of carbonyl (C=O) groups is 1. The van der Waals surface area contributed by atoms with Crippen LogP contribution in [0.2, 0.25) is 5.02 Å². The van der Waals surface area contributed by atoms with Crippen LogP contribution in [0.25, 0.3) is 0 Å². The van der Waals surface area contributed by atoms with Crippen LogP contribution in [0.3, 0.4) is 0 Å². The summed E-state index contributed by atoms with van der Waals surface area (Å²) < 4.78 is 5.72. The molecule has 1 fully saturated rings. The maximum atomic E-state index is 12.7. The summed E-state index contributed by atoms with van der Waals surface area (Å²) in [7, 11) is 0. The van der Waals surface area contributed by atoms with Crippen LogP contribution in [0.5, 0.6) is 0 Å². The topological polar surface area (TPSA) is 49.8 Å². The molecule has 1 saturated heterocycles. The number of aliphatic hydroxyl groups is 1. The second-order valence-electron chi connectivity index (χ2n) is 5.83. The Balaban J connectivity index is 2.25. The van der Waals surface area contributed by atoms with E-state index in [-0.39, 0.29) is 18.6 Å². The molecule has 1 unspecified atom stereocenters. The summed E-state index contributed by atoms with van der Waals surface area (Å²) in [6.45, 7) is 6.51. The Labute approximate surface area is 124 Å². The zero-order chi connectivity index (χ0) is 14.9. The van der Waals surface area contributed by atoms with E-state index in [9.17, 15) is 9.90 Å². The summed E-state index contributed by atoms with van der Waals surface area (Å²) in [5.41, 5.74) is 1.03. The number of ether oxygens (including phenoxy) is 1. The third-order valence-electron chi connectivity index (χ3n) is 3.40. The van der Waals surface area contributed by atoms with Crippen LogP contribution in [0, 0.1) is 6.92 Å². The van der Waals surface area contributed by atoms with E-state index in [1.54, 1.807) is 17.0 Å². The first-order valence-electron chi connectivity index (χ1n) is 6.66. The van der Waals surface area contributed by atoms with Crippen LogP contribution in [0.15, 0.2) is 18.2 Å². The summed E-state index contributed by atoms with van der Waals surface area (Å²) in [5.74, 6) is -0.0696. The number of amides is 1. The first-order valence-corrected chi connectivity index (χ1v) is 7.04. The molecule has 1 aliphatic heterocycles. The molecule has 1 aromatic rings. The van der Waals surface area contributed by atoms with Crippen LogP contribution in [0.4, 0.5) is 0 Å². The third kappa shape index (κ3) is 3.32. The number of carbonyl (C=O) groups excluding carboxylic acids is 1. The predicted octanol–water partition coefficient (Wildman–Crippen LogP) is 2.26. The molecule has 1 heterocycles. The zero-order valence-corrected chi connectivity index (χ0v) is 12.8. The fourth-order valence-corrected chi connectivity index (χ4v) is 2.71. The van der Waals surface area contributed by atoms with E-state index in [2.05, 4.69) is 0 Å². The Morgan fingerprint density at radius 2 is 2.25 bits per heavy atom. The van der Waals surface area contributed by atoms with E-state index in [4.69, 9.17) is 16.3 Å². The predicted molar refractivity (Wildman–Crippen MR) is 78.1 cm³/mol. The molecule has 0 aliphatic carbocycles. The minimum Gasteiger partial charge on any atom is -0.394 e. The van der Waals surface area contributed by atoms with Gasteiger partial charge in [0.1, 0.15) is 0 Å². The molecule has 0 radical (unpaired) electrons. The Kier molecular flexibility index (Phi) is 4.37. The lowest BCUT2D eigenvalue weighted by atomic mass is 10.0. The Bertz CT molecular complexity index is 516. The van der Waals surface area contributed by atoms with Gasteiger partial charge in [-0.2, -0.15) is 0 Å². The molecule has 1 N–H and O–H groups in total. The summed E-state index contributed by atoms with van der Waals surface area (Å²) in [6, 6.07) is 5.30. The molecule has 0 spiro atoms. The second kappa shape index (κ2) is 5.72. The van der Waals surface area contributed by atoms with E-state index >= 15 is 0 Å². The molecule has 20 heavy (non-hydrogen) atoms.